The summed E-state index contributed by atoms with van der Waals surface area (Å²) in [5.41, 5.74) is 0.366. The maximum absolute atomic E-state index is 12.2. The molecular formula is C16H19N3O6S. The molecule has 2 rings (SSSR count). The molecule has 0 atom stereocenters. The number of hydrogen-bond donors (Lipinski definition) is 2. The first-order valence-electron chi connectivity index (χ1n) is 7.46. The number of hydrogen-bond acceptors (Lipinski definition) is 6. The first-order chi connectivity index (χ1) is 12.3. The number of nitrogens with one attached hydrogen (secondary N) is 2. The van der Waals surface area contributed by atoms with Crippen molar-refractivity contribution in [1.82, 2.24) is 9.29 Å². The van der Waals surface area contributed by atoms with E-state index in [4.69, 9.17) is 9.47 Å². The lowest BCUT2D eigenvalue weighted by atomic mass is 10.3. The zero-order valence-corrected chi connectivity index (χ0v) is 15.3. The SMILES string of the molecule is COc1ccc(S(=O)(=O)N(C)C)cc1NC(=O)COC(=O)c1ccc[nH]1. The fraction of sp³-hybridized carbons (Fsp3) is 0.250. The lowest BCUT2D eigenvalue weighted by Crippen LogP contribution is -2.23. The van der Waals surface area contributed by atoms with Crippen molar-refractivity contribution in [3.05, 3.63) is 42.2 Å². The van der Waals surface area contributed by atoms with Crippen molar-refractivity contribution in [2.24, 2.45) is 0 Å². The summed E-state index contributed by atoms with van der Waals surface area (Å²) in [6.45, 7) is -0.536. The van der Waals surface area contributed by atoms with Gasteiger partial charge in [0, 0.05) is 20.3 Å². The number of rotatable bonds is 7. The van der Waals surface area contributed by atoms with Crippen LogP contribution in [0.2, 0.25) is 0 Å². The number of ether oxygens (including phenoxy) is 2. The number of aromatic nitrogens is 1. The monoisotopic (exact) mass is 381 g/mol. The van der Waals surface area contributed by atoms with Gasteiger partial charge < -0.3 is 19.8 Å². The van der Waals surface area contributed by atoms with Crippen molar-refractivity contribution in [1.29, 1.82) is 0 Å². The zero-order valence-electron chi connectivity index (χ0n) is 14.5. The van der Waals surface area contributed by atoms with Crippen LogP contribution in [0.3, 0.4) is 0 Å². The fourth-order valence-electron chi connectivity index (χ4n) is 2.01. The highest BCUT2D eigenvalue weighted by Crippen LogP contribution is 2.28. The second kappa shape index (κ2) is 8.02. The summed E-state index contributed by atoms with van der Waals surface area (Å²) in [7, 11) is 0.508. The number of anilines is 1. The largest absolute Gasteiger partial charge is 0.495 e. The van der Waals surface area contributed by atoms with Crippen LogP contribution in [0.25, 0.3) is 0 Å². The molecule has 2 N–H and O–H groups in total. The summed E-state index contributed by atoms with van der Waals surface area (Å²) in [6.07, 6.45) is 1.55. The average Bonchev–Trinajstić information content (AvgIpc) is 3.14. The highest BCUT2D eigenvalue weighted by molar-refractivity contribution is 7.89. The summed E-state index contributed by atoms with van der Waals surface area (Å²) < 4.78 is 35.5. The summed E-state index contributed by atoms with van der Waals surface area (Å²) in [5.74, 6) is -1.05. The number of sulfonamides is 1. The lowest BCUT2D eigenvalue weighted by Gasteiger charge is -2.15. The second-order valence-corrected chi connectivity index (χ2v) is 7.51. The van der Waals surface area contributed by atoms with Crippen LogP contribution in [-0.2, 0) is 19.6 Å². The molecule has 0 aliphatic heterocycles. The number of methoxy groups -OCH3 is 1. The van der Waals surface area contributed by atoms with Gasteiger partial charge in [-0.2, -0.15) is 0 Å². The Balaban J connectivity index is 2.12. The number of benzene rings is 1. The summed E-state index contributed by atoms with van der Waals surface area (Å²) in [4.78, 5) is 26.4. The minimum absolute atomic E-state index is 0.0121. The van der Waals surface area contributed by atoms with Crippen LogP contribution in [0.4, 0.5) is 5.69 Å². The van der Waals surface area contributed by atoms with Gasteiger partial charge in [-0.3, -0.25) is 4.79 Å². The van der Waals surface area contributed by atoms with Crippen LogP contribution in [0.15, 0.2) is 41.4 Å². The van der Waals surface area contributed by atoms with Crippen molar-refractivity contribution in [3.8, 4) is 5.75 Å². The van der Waals surface area contributed by atoms with Gasteiger partial charge in [-0.05, 0) is 30.3 Å². The maximum atomic E-state index is 12.2. The maximum Gasteiger partial charge on any atom is 0.355 e. The van der Waals surface area contributed by atoms with E-state index in [0.717, 1.165) is 4.31 Å². The molecule has 9 nitrogen and oxygen atoms in total. The minimum atomic E-state index is -3.68. The standard InChI is InChI=1S/C16H19N3O6S/c1-19(2)26(22,23)11-6-7-14(24-3)13(9-11)18-15(20)10-25-16(21)12-5-4-8-17-12/h4-9,17H,10H2,1-3H3,(H,18,20). The Kier molecular flexibility index (Phi) is 6.01. The topological polar surface area (TPSA) is 118 Å². The molecule has 0 bridgehead atoms. The molecule has 0 aliphatic rings. The Morgan fingerprint density at radius 2 is 1.96 bits per heavy atom. The minimum Gasteiger partial charge on any atom is -0.495 e. The smallest absolute Gasteiger partial charge is 0.355 e. The van der Waals surface area contributed by atoms with Crippen molar-refractivity contribution in [2.45, 2.75) is 4.90 Å². The summed E-state index contributed by atoms with van der Waals surface area (Å²) in [6, 6.07) is 7.21. The molecule has 0 radical (unpaired) electrons. The average molecular weight is 381 g/mol. The molecule has 0 saturated heterocycles. The molecule has 1 heterocycles. The lowest BCUT2D eigenvalue weighted by molar-refractivity contribution is -0.119. The Bertz CT molecular complexity index is 891. The van der Waals surface area contributed by atoms with Crippen molar-refractivity contribution in [3.63, 3.8) is 0 Å². The van der Waals surface area contributed by atoms with E-state index in [0.29, 0.717) is 0 Å². The molecule has 1 aromatic carbocycles. The van der Waals surface area contributed by atoms with Gasteiger partial charge in [-0.15, -0.1) is 0 Å². The predicted octanol–water partition coefficient (Wildman–Crippen LogP) is 1.07. The zero-order chi connectivity index (χ0) is 19.3. The van der Waals surface area contributed by atoms with Crippen LogP contribution >= 0.6 is 0 Å². The molecule has 140 valence electrons. The number of carbonyl (C=O) groups excluding carboxylic acids is 2. The molecule has 0 saturated carbocycles. The normalized spacial score (nSPS) is 11.2. The van der Waals surface area contributed by atoms with E-state index in [9.17, 15) is 18.0 Å². The number of amides is 1. The van der Waals surface area contributed by atoms with Gasteiger partial charge in [-0.25, -0.2) is 17.5 Å². The van der Waals surface area contributed by atoms with Gasteiger partial charge in [0.1, 0.15) is 11.4 Å². The van der Waals surface area contributed by atoms with Gasteiger partial charge >= 0.3 is 5.97 Å². The Morgan fingerprint density at radius 1 is 1.23 bits per heavy atom. The van der Waals surface area contributed by atoms with Gasteiger partial charge in [0.15, 0.2) is 6.61 Å². The van der Waals surface area contributed by atoms with Crippen LogP contribution < -0.4 is 10.1 Å². The van der Waals surface area contributed by atoms with Crippen molar-refractivity contribution >= 4 is 27.6 Å². The van der Waals surface area contributed by atoms with E-state index in [2.05, 4.69) is 10.3 Å². The second-order valence-electron chi connectivity index (χ2n) is 5.36. The molecule has 2 aromatic rings. The molecule has 0 spiro atoms. The molecule has 0 unspecified atom stereocenters. The van der Waals surface area contributed by atoms with E-state index in [1.54, 1.807) is 12.3 Å². The third-order valence-corrected chi connectivity index (χ3v) is 5.19. The number of nitrogens with zero attached hydrogens (tertiary/aromatic N) is 1. The number of carbonyl (C=O) groups is 2. The highest BCUT2D eigenvalue weighted by atomic mass is 32.2. The van der Waals surface area contributed by atoms with Gasteiger partial charge in [-0.1, -0.05) is 0 Å². The molecule has 1 aromatic heterocycles. The summed E-state index contributed by atoms with van der Waals surface area (Å²) in [5, 5.41) is 2.48. The van der Waals surface area contributed by atoms with E-state index in [-0.39, 0.29) is 22.0 Å². The molecule has 0 fully saturated rings. The molecule has 1 amide bonds. The molecule has 0 aliphatic carbocycles. The predicted molar refractivity (Wildman–Crippen MR) is 93.6 cm³/mol. The number of H-pyrrole nitrogens is 1. The molecule has 26 heavy (non-hydrogen) atoms. The first-order valence-corrected chi connectivity index (χ1v) is 8.90. The Hall–Kier alpha value is -2.85. The Labute approximate surface area is 151 Å². The van der Waals surface area contributed by atoms with E-state index in [1.807, 2.05) is 0 Å². The summed E-state index contributed by atoms with van der Waals surface area (Å²) >= 11 is 0. The molecular weight excluding hydrogens is 362 g/mol. The van der Waals surface area contributed by atoms with Gasteiger partial charge in [0.05, 0.1) is 17.7 Å². The Morgan fingerprint density at radius 3 is 2.54 bits per heavy atom. The van der Waals surface area contributed by atoms with E-state index >= 15 is 0 Å². The van der Waals surface area contributed by atoms with Crippen molar-refractivity contribution < 1.29 is 27.5 Å². The third kappa shape index (κ3) is 4.41. The van der Waals surface area contributed by atoms with Crippen LogP contribution in [-0.4, -0.2) is 57.4 Å². The molecule has 10 heteroatoms. The first kappa shape index (κ1) is 19.5. The third-order valence-electron chi connectivity index (χ3n) is 3.38. The van der Waals surface area contributed by atoms with Gasteiger partial charge in [0.25, 0.3) is 5.91 Å². The number of aromatic amines is 1. The fourth-order valence-corrected chi connectivity index (χ4v) is 2.94. The van der Waals surface area contributed by atoms with Gasteiger partial charge in [0.2, 0.25) is 10.0 Å². The number of esters is 1. The van der Waals surface area contributed by atoms with E-state index in [1.165, 1.54) is 45.5 Å². The van der Waals surface area contributed by atoms with Crippen LogP contribution in [0, 0.1) is 0 Å². The highest BCUT2D eigenvalue weighted by Gasteiger charge is 2.20. The quantitative estimate of drug-likeness (QED) is 0.693. The van der Waals surface area contributed by atoms with E-state index < -0.39 is 28.5 Å². The van der Waals surface area contributed by atoms with Crippen molar-refractivity contribution in [2.75, 3.05) is 33.1 Å². The van der Waals surface area contributed by atoms with Crippen LogP contribution in [0.1, 0.15) is 10.5 Å². The van der Waals surface area contributed by atoms with Crippen LogP contribution in [0.5, 0.6) is 5.75 Å².